The van der Waals surface area contributed by atoms with Gasteiger partial charge in [-0.2, -0.15) is 0 Å². The molecule has 0 aliphatic heterocycles. The van der Waals surface area contributed by atoms with E-state index in [9.17, 15) is 0 Å². The summed E-state index contributed by atoms with van der Waals surface area (Å²) in [5.74, 6) is 0. The minimum absolute atomic E-state index is 1.00. The van der Waals surface area contributed by atoms with Crippen molar-refractivity contribution >= 4 is 0 Å². The smallest absolute Gasteiger partial charge is 0.0731 e. The molecular formula is C4H4N6O. The van der Waals surface area contributed by atoms with Crippen molar-refractivity contribution in [2.75, 3.05) is 0 Å². The summed E-state index contributed by atoms with van der Waals surface area (Å²) in [4.78, 5) is 6.85. The molecular weight excluding hydrogens is 148 g/mol. The lowest BCUT2D eigenvalue weighted by molar-refractivity contribution is -0.0521. The Morgan fingerprint density at radius 2 is 1.09 bits per heavy atom. The van der Waals surface area contributed by atoms with Crippen molar-refractivity contribution in [2.24, 2.45) is 0 Å². The summed E-state index contributed by atoms with van der Waals surface area (Å²) in [6, 6.07) is 0. The predicted octanol–water partition coefficient (Wildman–Crippen LogP) is -1.24. The van der Waals surface area contributed by atoms with E-state index in [4.69, 9.17) is 4.94 Å². The Balaban J connectivity index is 2.14. The molecule has 0 radical (unpaired) electrons. The van der Waals surface area contributed by atoms with E-state index in [1.54, 1.807) is 0 Å². The Bertz CT molecular complexity index is 267. The molecule has 0 unspecified atom stereocenters. The molecule has 7 nitrogen and oxygen atoms in total. The van der Waals surface area contributed by atoms with Gasteiger partial charge in [0.25, 0.3) is 0 Å². The van der Waals surface area contributed by atoms with Gasteiger partial charge in [0.2, 0.25) is 0 Å². The first kappa shape index (κ1) is 5.83. The maximum Gasteiger partial charge on any atom is 0.0731 e. The molecule has 0 atom stereocenters. The van der Waals surface area contributed by atoms with E-state index in [-0.39, 0.29) is 0 Å². The fourth-order valence-corrected chi connectivity index (χ4v) is 0.557. The highest BCUT2D eigenvalue weighted by atomic mass is 16.9. The fraction of sp³-hybridized carbons (Fsp3) is 0. The van der Waals surface area contributed by atoms with Crippen molar-refractivity contribution in [3.05, 3.63) is 24.8 Å². The summed E-state index contributed by atoms with van der Waals surface area (Å²) in [5.41, 5.74) is 0. The molecule has 0 saturated heterocycles. The average molecular weight is 152 g/mol. The average Bonchev–Trinajstić information content (AvgIpc) is 2.60. The monoisotopic (exact) mass is 152 g/mol. The van der Waals surface area contributed by atoms with E-state index in [0.29, 0.717) is 0 Å². The van der Waals surface area contributed by atoms with E-state index in [0.717, 1.165) is 9.92 Å². The van der Waals surface area contributed by atoms with Crippen LogP contribution < -0.4 is 4.94 Å². The summed E-state index contributed by atoms with van der Waals surface area (Å²) in [5, 5.41) is 14.7. The first-order valence-corrected chi connectivity index (χ1v) is 2.86. The van der Waals surface area contributed by atoms with Crippen LogP contribution in [0.15, 0.2) is 24.8 Å². The molecule has 2 aromatic rings. The van der Waals surface area contributed by atoms with E-state index >= 15 is 0 Å². The van der Waals surface area contributed by atoms with E-state index < -0.39 is 0 Å². The highest BCUT2D eigenvalue weighted by Gasteiger charge is 1.93. The van der Waals surface area contributed by atoms with Crippen LogP contribution in [-0.4, -0.2) is 30.3 Å². The highest BCUT2D eigenvalue weighted by molar-refractivity contribution is 4.58. The fourth-order valence-electron chi connectivity index (χ4n) is 0.557. The highest BCUT2D eigenvalue weighted by Crippen LogP contribution is 1.74. The van der Waals surface area contributed by atoms with Crippen molar-refractivity contribution in [1.82, 2.24) is 30.3 Å². The molecule has 2 rings (SSSR count). The second-order valence-corrected chi connectivity index (χ2v) is 1.65. The van der Waals surface area contributed by atoms with Gasteiger partial charge in [0.05, 0.1) is 24.8 Å². The van der Waals surface area contributed by atoms with Crippen LogP contribution in [0.25, 0.3) is 0 Å². The molecule has 0 N–H and O–H groups in total. The Kier molecular flexibility index (Phi) is 1.26. The normalized spacial score (nSPS) is 9.82. The molecule has 0 fully saturated rings. The standard InChI is InChI=1S/C4H4N6O/c1-2-6-9(5-1)11-10-7-3-4-8-10/h1-4H. The van der Waals surface area contributed by atoms with Crippen molar-refractivity contribution in [3.63, 3.8) is 0 Å². The van der Waals surface area contributed by atoms with Crippen LogP contribution in [0.2, 0.25) is 0 Å². The maximum absolute atomic E-state index is 4.85. The van der Waals surface area contributed by atoms with Gasteiger partial charge in [-0.15, -0.1) is 20.4 Å². The summed E-state index contributed by atoms with van der Waals surface area (Å²) >= 11 is 0. The first-order chi connectivity index (χ1) is 5.45. The third-order valence-electron chi connectivity index (χ3n) is 0.941. The topological polar surface area (TPSA) is 70.7 Å². The zero-order chi connectivity index (χ0) is 7.52. The maximum atomic E-state index is 4.85. The summed E-state index contributed by atoms with van der Waals surface area (Å²) < 4.78 is 0. The second-order valence-electron chi connectivity index (χ2n) is 1.65. The van der Waals surface area contributed by atoms with E-state index in [1.165, 1.54) is 24.8 Å². The lowest BCUT2D eigenvalue weighted by Gasteiger charge is -1.95. The van der Waals surface area contributed by atoms with Crippen molar-refractivity contribution < 1.29 is 4.94 Å². The summed E-state index contributed by atoms with van der Waals surface area (Å²) in [6.45, 7) is 0. The molecule has 56 valence electrons. The lowest BCUT2D eigenvalue weighted by atomic mass is 11.0. The van der Waals surface area contributed by atoms with Crippen molar-refractivity contribution in [3.8, 4) is 0 Å². The SMILES string of the molecule is c1cnn(On2nccn2)n1. The van der Waals surface area contributed by atoms with Crippen LogP contribution in [0.5, 0.6) is 0 Å². The molecule has 11 heavy (non-hydrogen) atoms. The Morgan fingerprint density at radius 1 is 0.727 bits per heavy atom. The minimum atomic E-state index is 1.00. The zero-order valence-corrected chi connectivity index (χ0v) is 5.40. The van der Waals surface area contributed by atoms with Gasteiger partial charge < -0.3 is 0 Å². The molecule has 0 aliphatic carbocycles. The predicted molar refractivity (Wildman–Crippen MR) is 32.0 cm³/mol. The van der Waals surface area contributed by atoms with Gasteiger partial charge in [-0.05, 0) is 0 Å². The van der Waals surface area contributed by atoms with Gasteiger partial charge in [-0.3, -0.25) is 0 Å². The molecule has 0 spiro atoms. The molecule has 0 aromatic carbocycles. The van der Waals surface area contributed by atoms with Gasteiger partial charge in [0.15, 0.2) is 0 Å². The summed E-state index contributed by atoms with van der Waals surface area (Å²) in [7, 11) is 0. The molecule has 0 bridgehead atoms. The first-order valence-electron chi connectivity index (χ1n) is 2.86. The number of nitrogens with zero attached hydrogens (tertiary/aromatic N) is 6. The Labute approximate surface area is 61.1 Å². The van der Waals surface area contributed by atoms with E-state index in [1.807, 2.05) is 0 Å². The third-order valence-corrected chi connectivity index (χ3v) is 0.941. The van der Waals surface area contributed by atoms with Crippen LogP contribution in [-0.2, 0) is 0 Å². The quantitative estimate of drug-likeness (QED) is 0.538. The Morgan fingerprint density at radius 3 is 1.45 bits per heavy atom. The number of rotatable bonds is 2. The van der Waals surface area contributed by atoms with Crippen molar-refractivity contribution in [1.29, 1.82) is 0 Å². The second kappa shape index (κ2) is 2.37. The third kappa shape index (κ3) is 1.16. The van der Waals surface area contributed by atoms with Crippen LogP contribution in [0.3, 0.4) is 0 Å². The Hall–Kier alpha value is -1.92. The van der Waals surface area contributed by atoms with Gasteiger partial charge in [0.1, 0.15) is 0 Å². The number of aromatic nitrogens is 6. The van der Waals surface area contributed by atoms with Crippen LogP contribution in [0.4, 0.5) is 0 Å². The van der Waals surface area contributed by atoms with Gasteiger partial charge in [0, 0.05) is 9.92 Å². The number of hydrogen-bond donors (Lipinski definition) is 0. The largest absolute Gasteiger partial charge is 0.209 e. The molecule has 0 aliphatic rings. The zero-order valence-electron chi connectivity index (χ0n) is 5.40. The molecule has 0 saturated carbocycles. The molecule has 2 heterocycles. The van der Waals surface area contributed by atoms with E-state index in [2.05, 4.69) is 20.4 Å². The molecule has 7 heteroatoms. The minimum Gasteiger partial charge on any atom is -0.209 e. The van der Waals surface area contributed by atoms with Crippen LogP contribution in [0, 0.1) is 0 Å². The van der Waals surface area contributed by atoms with Crippen LogP contribution >= 0.6 is 0 Å². The van der Waals surface area contributed by atoms with Gasteiger partial charge in [-0.25, -0.2) is 4.94 Å². The van der Waals surface area contributed by atoms with Crippen molar-refractivity contribution in [2.45, 2.75) is 0 Å². The molecule has 0 amide bonds. The van der Waals surface area contributed by atoms with Gasteiger partial charge in [-0.1, -0.05) is 0 Å². The number of hydrogen-bond acceptors (Lipinski definition) is 5. The summed E-state index contributed by atoms with van der Waals surface area (Å²) in [6.07, 6.45) is 5.96. The lowest BCUT2D eigenvalue weighted by Crippen LogP contribution is -2.22. The van der Waals surface area contributed by atoms with Crippen LogP contribution in [0.1, 0.15) is 0 Å². The van der Waals surface area contributed by atoms with Gasteiger partial charge >= 0.3 is 0 Å². The molecule has 2 aromatic heterocycles.